The average molecular weight is 393 g/mol. The molecule has 4 heteroatoms. The molecule has 0 amide bonds. The molecule has 2 rings (SSSR count). The van der Waals surface area contributed by atoms with Crippen LogP contribution in [-0.2, 0) is 10.8 Å². The van der Waals surface area contributed by atoms with Crippen LogP contribution < -0.4 is 0 Å². The molecule has 0 heterocycles. The van der Waals surface area contributed by atoms with E-state index in [-0.39, 0.29) is 22.3 Å². The van der Waals surface area contributed by atoms with Gasteiger partial charge in [-0.1, -0.05) is 71.0 Å². The molecule has 0 radical (unpaired) electrons. The van der Waals surface area contributed by atoms with Crippen LogP contribution >= 0.6 is 23.4 Å². The maximum atomic E-state index is 10.7. The van der Waals surface area contributed by atoms with E-state index in [0.717, 1.165) is 27.1 Å². The largest absolute Gasteiger partial charge is 0.507 e. The minimum atomic E-state index is -0.245. The molecule has 2 nitrogen and oxygen atoms in total. The summed E-state index contributed by atoms with van der Waals surface area (Å²) in [6.07, 6.45) is 0. The third kappa shape index (κ3) is 4.15. The van der Waals surface area contributed by atoms with Crippen molar-refractivity contribution in [1.82, 2.24) is 0 Å². The lowest BCUT2D eigenvalue weighted by Crippen LogP contribution is -2.15. The molecule has 2 aromatic carbocycles. The molecular formula is C22H29ClO2S. The monoisotopic (exact) mass is 392 g/mol. The number of benzene rings is 2. The molecule has 0 aromatic heterocycles. The van der Waals surface area contributed by atoms with Gasteiger partial charge in [0.1, 0.15) is 11.5 Å². The van der Waals surface area contributed by atoms with Crippen LogP contribution in [0.2, 0.25) is 5.02 Å². The Morgan fingerprint density at radius 2 is 1.35 bits per heavy atom. The van der Waals surface area contributed by atoms with Gasteiger partial charge in [-0.2, -0.15) is 0 Å². The lowest BCUT2D eigenvalue weighted by molar-refractivity contribution is 0.450. The van der Waals surface area contributed by atoms with Crippen LogP contribution in [0, 0.1) is 13.8 Å². The smallest absolute Gasteiger partial charge is 0.130 e. The quantitative estimate of drug-likeness (QED) is 0.571. The highest BCUT2D eigenvalue weighted by Gasteiger charge is 2.29. The normalized spacial score (nSPS) is 12.5. The molecule has 0 atom stereocenters. The van der Waals surface area contributed by atoms with Gasteiger partial charge < -0.3 is 10.2 Å². The second-order valence-electron chi connectivity index (χ2n) is 8.99. The van der Waals surface area contributed by atoms with Crippen LogP contribution in [-0.4, -0.2) is 10.2 Å². The average Bonchev–Trinajstić information content (AvgIpc) is 2.44. The standard InChI is InChI=1S/C22H29ClO2S/c1-12-9-14(21(3,4)5)19(15(24)10-12)26-20-16(25)11-13(2)18(23)17(20)22(6,7)8/h9-11,24-25H,1-8H3. The van der Waals surface area contributed by atoms with Gasteiger partial charge in [-0.25, -0.2) is 0 Å². The Morgan fingerprint density at radius 1 is 0.808 bits per heavy atom. The van der Waals surface area contributed by atoms with Gasteiger partial charge >= 0.3 is 0 Å². The minimum Gasteiger partial charge on any atom is -0.507 e. The van der Waals surface area contributed by atoms with Crippen LogP contribution in [0.15, 0.2) is 28.0 Å². The van der Waals surface area contributed by atoms with Gasteiger partial charge in [0.2, 0.25) is 0 Å². The molecule has 26 heavy (non-hydrogen) atoms. The molecule has 0 bridgehead atoms. The van der Waals surface area contributed by atoms with Crippen LogP contribution in [0.25, 0.3) is 0 Å². The zero-order valence-corrected chi connectivity index (χ0v) is 18.5. The maximum absolute atomic E-state index is 10.7. The number of halogens is 1. The second-order valence-corrected chi connectivity index (χ2v) is 10.4. The first-order valence-corrected chi connectivity index (χ1v) is 9.97. The molecule has 142 valence electrons. The van der Waals surface area contributed by atoms with Gasteiger partial charge in [0, 0.05) is 5.02 Å². The van der Waals surface area contributed by atoms with Crippen molar-refractivity contribution < 1.29 is 10.2 Å². The van der Waals surface area contributed by atoms with E-state index in [1.165, 1.54) is 11.8 Å². The molecule has 0 fully saturated rings. The zero-order chi connectivity index (χ0) is 20.0. The molecule has 0 spiro atoms. The topological polar surface area (TPSA) is 40.5 Å². The molecule has 2 aromatic rings. The van der Waals surface area contributed by atoms with E-state index in [2.05, 4.69) is 47.6 Å². The van der Waals surface area contributed by atoms with Crippen molar-refractivity contribution in [3.63, 3.8) is 0 Å². The Kier molecular flexibility index (Phi) is 5.66. The molecule has 0 unspecified atom stereocenters. The van der Waals surface area contributed by atoms with E-state index in [1.54, 1.807) is 12.1 Å². The number of rotatable bonds is 2. The van der Waals surface area contributed by atoms with E-state index in [1.807, 2.05) is 13.8 Å². The Hall–Kier alpha value is -1.32. The summed E-state index contributed by atoms with van der Waals surface area (Å²) >= 11 is 8.02. The molecule has 0 aliphatic heterocycles. The fourth-order valence-electron chi connectivity index (χ4n) is 3.05. The van der Waals surface area contributed by atoms with Crippen molar-refractivity contribution in [2.24, 2.45) is 0 Å². The highest BCUT2D eigenvalue weighted by Crippen LogP contribution is 2.50. The van der Waals surface area contributed by atoms with Gasteiger partial charge in [-0.3, -0.25) is 0 Å². The highest BCUT2D eigenvalue weighted by molar-refractivity contribution is 7.99. The predicted octanol–water partition coefficient (Wildman–Crippen LogP) is 7.11. The summed E-state index contributed by atoms with van der Waals surface area (Å²) in [6, 6.07) is 5.56. The van der Waals surface area contributed by atoms with Gasteiger partial charge in [-0.15, -0.1) is 0 Å². The maximum Gasteiger partial charge on any atom is 0.130 e. The van der Waals surface area contributed by atoms with Crippen molar-refractivity contribution in [3.8, 4) is 11.5 Å². The van der Waals surface area contributed by atoms with Gasteiger partial charge in [0.05, 0.1) is 9.79 Å². The Bertz CT molecular complexity index is 843. The van der Waals surface area contributed by atoms with E-state index in [0.29, 0.717) is 9.92 Å². The summed E-state index contributed by atoms with van der Waals surface area (Å²) in [5.74, 6) is 0.428. The summed E-state index contributed by atoms with van der Waals surface area (Å²) in [7, 11) is 0. The molecule has 0 aliphatic carbocycles. The molecule has 2 N–H and O–H groups in total. The third-order valence-corrected chi connectivity index (χ3v) is 6.09. The van der Waals surface area contributed by atoms with Crippen molar-refractivity contribution in [2.75, 3.05) is 0 Å². The van der Waals surface area contributed by atoms with Crippen molar-refractivity contribution in [3.05, 3.63) is 45.5 Å². The van der Waals surface area contributed by atoms with E-state index in [4.69, 9.17) is 11.6 Å². The number of hydrogen-bond donors (Lipinski definition) is 2. The lowest BCUT2D eigenvalue weighted by Gasteiger charge is -2.28. The number of aryl methyl sites for hydroxylation is 2. The van der Waals surface area contributed by atoms with Crippen molar-refractivity contribution in [2.45, 2.75) is 76.0 Å². The van der Waals surface area contributed by atoms with Crippen LogP contribution in [0.3, 0.4) is 0 Å². The van der Waals surface area contributed by atoms with Crippen molar-refractivity contribution >= 4 is 23.4 Å². The molecule has 0 saturated heterocycles. The Morgan fingerprint density at radius 3 is 1.85 bits per heavy atom. The first-order chi connectivity index (χ1) is 11.7. The highest BCUT2D eigenvalue weighted by atomic mass is 35.5. The van der Waals surface area contributed by atoms with E-state index in [9.17, 15) is 10.2 Å². The summed E-state index contributed by atoms with van der Waals surface area (Å²) in [5, 5.41) is 22.0. The summed E-state index contributed by atoms with van der Waals surface area (Å²) < 4.78 is 0. The minimum absolute atomic E-state index is 0.141. The molecule has 0 aliphatic rings. The summed E-state index contributed by atoms with van der Waals surface area (Å²) in [4.78, 5) is 1.47. The lowest BCUT2D eigenvalue weighted by atomic mass is 9.85. The van der Waals surface area contributed by atoms with Gasteiger partial charge in [0.25, 0.3) is 0 Å². The van der Waals surface area contributed by atoms with Crippen molar-refractivity contribution in [1.29, 1.82) is 0 Å². The van der Waals surface area contributed by atoms with E-state index < -0.39 is 0 Å². The van der Waals surface area contributed by atoms with Gasteiger partial charge in [0.15, 0.2) is 0 Å². The number of aromatic hydroxyl groups is 2. The number of phenols is 2. The Labute approximate surface area is 166 Å². The van der Waals surface area contributed by atoms with E-state index >= 15 is 0 Å². The van der Waals surface area contributed by atoms with Crippen LogP contribution in [0.5, 0.6) is 11.5 Å². The predicted molar refractivity (Wildman–Crippen MR) is 112 cm³/mol. The summed E-state index contributed by atoms with van der Waals surface area (Å²) in [6.45, 7) is 16.5. The summed E-state index contributed by atoms with van der Waals surface area (Å²) in [5.41, 5.74) is 3.43. The molecular weight excluding hydrogens is 364 g/mol. The van der Waals surface area contributed by atoms with Gasteiger partial charge in [-0.05, 0) is 59.1 Å². The van der Waals surface area contributed by atoms with Crippen LogP contribution in [0.4, 0.5) is 0 Å². The van der Waals surface area contributed by atoms with Crippen LogP contribution in [0.1, 0.15) is 63.8 Å². The number of phenolic OH excluding ortho intramolecular Hbond substituents is 2. The first-order valence-electron chi connectivity index (χ1n) is 8.78. The molecule has 0 saturated carbocycles. The SMILES string of the molecule is Cc1cc(O)c(Sc2c(O)cc(C)c(Cl)c2C(C)(C)C)c(C(C)(C)C)c1. The first kappa shape index (κ1) is 21.0. The zero-order valence-electron chi connectivity index (χ0n) is 16.9. The second kappa shape index (κ2) is 7.01. The number of hydrogen-bond acceptors (Lipinski definition) is 3. The fourth-order valence-corrected chi connectivity index (χ4v) is 5.06. The Balaban J connectivity index is 2.77. The third-order valence-electron chi connectivity index (χ3n) is 4.35. The fraction of sp³-hybridized carbons (Fsp3) is 0.455.